The summed E-state index contributed by atoms with van der Waals surface area (Å²) in [6, 6.07) is 3.53. The van der Waals surface area contributed by atoms with Crippen LogP contribution in [0.2, 0.25) is 0 Å². The molecule has 0 aliphatic carbocycles. The number of hydrogen-bond acceptors (Lipinski definition) is 5. The highest BCUT2D eigenvalue weighted by molar-refractivity contribution is 5.88. The molecule has 0 radical (unpaired) electrons. The summed E-state index contributed by atoms with van der Waals surface area (Å²) in [7, 11) is 1.70. The van der Waals surface area contributed by atoms with Crippen LogP contribution in [0.25, 0.3) is 0 Å². The Balaban J connectivity index is 1.99. The summed E-state index contributed by atoms with van der Waals surface area (Å²) < 4.78 is 0. The molecule has 2 rings (SSSR count). The van der Waals surface area contributed by atoms with Gasteiger partial charge in [0.1, 0.15) is 0 Å². The number of aromatic hydroxyl groups is 2. The molecule has 0 bridgehead atoms. The summed E-state index contributed by atoms with van der Waals surface area (Å²) in [6.07, 6.45) is 0.229. The molecule has 1 fully saturated rings. The van der Waals surface area contributed by atoms with E-state index in [0.717, 1.165) is 0 Å². The molecule has 7 heteroatoms. The predicted molar refractivity (Wildman–Crippen MR) is 75.7 cm³/mol. The highest BCUT2D eigenvalue weighted by atomic mass is 16.3. The lowest BCUT2D eigenvalue weighted by atomic mass is 10.0. The van der Waals surface area contributed by atoms with E-state index in [2.05, 4.69) is 0 Å². The number of phenols is 2. The number of benzene rings is 1. The molecule has 1 aliphatic heterocycles. The van der Waals surface area contributed by atoms with Crippen molar-refractivity contribution in [2.24, 2.45) is 5.73 Å². The molecule has 0 spiro atoms. The van der Waals surface area contributed by atoms with Gasteiger partial charge in [0.15, 0.2) is 11.5 Å². The zero-order valence-electron chi connectivity index (χ0n) is 11.8. The van der Waals surface area contributed by atoms with Crippen molar-refractivity contribution in [3.05, 3.63) is 23.8 Å². The summed E-state index contributed by atoms with van der Waals surface area (Å²) in [4.78, 5) is 26.9. The second-order valence-corrected chi connectivity index (χ2v) is 5.21. The van der Waals surface area contributed by atoms with Gasteiger partial charge >= 0.3 is 0 Å². The predicted octanol–water partition coefficient (Wildman–Crippen LogP) is -0.732. The van der Waals surface area contributed by atoms with E-state index in [4.69, 9.17) is 5.73 Å². The van der Waals surface area contributed by atoms with E-state index in [-0.39, 0.29) is 36.3 Å². The van der Waals surface area contributed by atoms with Crippen molar-refractivity contribution in [3.8, 4) is 11.5 Å². The smallest absolute Gasteiger partial charge is 0.241 e. The monoisotopic (exact) mass is 293 g/mol. The molecule has 1 aromatic rings. The lowest BCUT2D eigenvalue weighted by Crippen LogP contribution is -2.55. The Morgan fingerprint density at radius 3 is 2.67 bits per heavy atom. The van der Waals surface area contributed by atoms with Gasteiger partial charge in [-0.1, -0.05) is 6.07 Å². The number of likely N-dealkylation sites (N-methyl/N-ethyl adjacent to an activating group) is 1. The third kappa shape index (κ3) is 3.43. The number of nitrogens with two attached hydrogens (primary N) is 1. The van der Waals surface area contributed by atoms with Crippen molar-refractivity contribution in [3.63, 3.8) is 0 Å². The van der Waals surface area contributed by atoms with Gasteiger partial charge in [0, 0.05) is 20.1 Å². The van der Waals surface area contributed by atoms with Crippen molar-refractivity contribution in [2.45, 2.75) is 12.5 Å². The first-order valence-corrected chi connectivity index (χ1v) is 6.67. The van der Waals surface area contributed by atoms with Gasteiger partial charge in [-0.15, -0.1) is 0 Å². The number of carbonyl (C=O) groups is 2. The summed E-state index contributed by atoms with van der Waals surface area (Å²) >= 11 is 0. The van der Waals surface area contributed by atoms with Crippen molar-refractivity contribution in [1.82, 2.24) is 9.80 Å². The Kier molecular flexibility index (Phi) is 4.32. The molecule has 1 aromatic carbocycles. The van der Waals surface area contributed by atoms with Gasteiger partial charge in [0.25, 0.3) is 0 Å². The molecular formula is C14H19N3O4. The summed E-state index contributed by atoms with van der Waals surface area (Å²) in [6.45, 7) is 1.01. The van der Waals surface area contributed by atoms with Gasteiger partial charge in [0.05, 0.1) is 12.6 Å². The first-order valence-electron chi connectivity index (χ1n) is 6.67. The standard InChI is InChI=1S/C14H19N3O4/c1-16-4-5-17(8-13(16)20)14(21)10(15)6-9-2-3-11(18)12(19)7-9/h2-3,7,10,18-19H,4-6,8,15H2,1H3/t10-/m0/s1. The van der Waals surface area contributed by atoms with Crippen LogP contribution in [0.5, 0.6) is 11.5 Å². The Morgan fingerprint density at radius 2 is 2.05 bits per heavy atom. The fraction of sp³-hybridized carbons (Fsp3) is 0.429. The Morgan fingerprint density at radius 1 is 1.33 bits per heavy atom. The fourth-order valence-electron chi connectivity index (χ4n) is 2.22. The molecule has 1 saturated heterocycles. The third-order valence-electron chi connectivity index (χ3n) is 3.58. The molecular weight excluding hydrogens is 274 g/mol. The molecule has 0 unspecified atom stereocenters. The molecule has 1 heterocycles. The number of nitrogens with zero attached hydrogens (tertiary/aromatic N) is 2. The third-order valence-corrected chi connectivity index (χ3v) is 3.58. The zero-order chi connectivity index (χ0) is 15.6. The SMILES string of the molecule is CN1CCN(C(=O)[C@@H](N)Cc2ccc(O)c(O)c2)CC1=O. The Hall–Kier alpha value is -2.28. The van der Waals surface area contributed by atoms with Crippen molar-refractivity contribution in [1.29, 1.82) is 0 Å². The van der Waals surface area contributed by atoms with Gasteiger partial charge in [-0.25, -0.2) is 0 Å². The van der Waals surface area contributed by atoms with Crippen molar-refractivity contribution < 1.29 is 19.8 Å². The van der Waals surface area contributed by atoms with Crippen LogP contribution in [0.3, 0.4) is 0 Å². The maximum Gasteiger partial charge on any atom is 0.241 e. The minimum absolute atomic E-state index is 0.0455. The fourth-order valence-corrected chi connectivity index (χ4v) is 2.22. The van der Waals surface area contributed by atoms with E-state index < -0.39 is 6.04 Å². The molecule has 0 aromatic heterocycles. The quantitative estimate of drug-likeness (QED) is 0.637. The van der Waals surface area contributed by atoms with E-state index in [0.29, 0.717) is 18.7 Å². The molecule has 1 atom stereocenters. The molecule has 21 heavy (non-hydrogen) atoms. The highest BCUT2D eigenvalue weighted by Crippen LogP contribution is 2.25. The van der Waals surface area contributed by atoms with Gasteiger partial charge < -0.3 is 25.7 Å². The summed E-state index contributed by atoms with van der Waals surface area (Å²) in [5.74, 6) is -0.863. The number of hydrogen-bond donors (Lipinski definition) is 3. The van der Waals surface area contributed by atoms with Crippen molar-refractivity contribution >= 4 is 11.8 Å². The van der Waals surface area contributed by atoms with E-state index in [1.54, 1.807) is 18.0 Å². The molecule has 7 nitrogen and oxygen atoms in total. The molecule has 4 N–H and O–H groups in total. The number of phenolic OH excluding ortho intramolecular Hbond substituents is 2. The van der Waals surface area contributed by atoms with E-state index >= 15 is 0 Å². The Labute approximate surface area is 122 Å². The van der Waals surface area contributed by atoms with Gasteiger partial charge in [-0.2, -0.15) is 0 Å². The van der Waals surface area contributed by atoms with Crippen LogP contribution in [-0.4, -0.2) is 64.6 Å². The maximum atomic E-state index is 12.2. The summed E-state index contributed by atoms with van der Waals surface area (Å²) in [5.41, 5.74) is 6.53. The van der Waals surface area contributed by atoms with Crippen LogP contribution in [0.15, 0.2) is 18.2 Å². The van der Waals surface area contributed by atoms with E-state index in [9.17, 15) is 19.8 Å². The van der Waals surface area contributed by atoms with Crippen LogP contribution < -0.4 is 5.73 Å². The first kappa shape index (κ1) is 15.1. The normalized spacial score (nSPS) is 17.0. The number of carbonyl (C=O) groups excluding carboxylic acids is 2. The minimum Gasteiger partial charge on any atom is -0.504 e. The lowest BCUT2D eigenvalue weighted by molar-refractivity contribution is -0.144. The minimum atomic E-state index is -0.787. The lowest BCUT2D eigenvalue weighted by Gasteiger charge is -2.33. The molecule has 1 aliphatic rings. The highest BCUT2D eigenvalue weighted by Gasteiger charge is 2.28. The number of rotatable bonds is 3. The van der Waals surface area contributed by atoms with Crippen LogP contribution in [0.1, 0.15) is 5.56 Å². The number of amides is 2. The maximum absolute atomic E-state index is 12.2. The van der Waals surface area contributed by atoms with Gasteiger partial charge in [0.2, 0.25) is 11.8 Å². The van der Waals surface area contributed by atoms with E-state index in [1.165, 1.54) is 17.0 Å². The second kappa shape index (κ2) is 6.01. The van der Waals surface area contributed by atoms with Crippen LogP contribution in [0.4, 0.5) is 0 Å². The average molecular weight is 293 g/mol. The zero-order valence-corrected chi connectivity index (χ0v) is 11.8. The van der Waals surface area contributed by atoms with Crippen molar-refractivity contribution in [2.75, 3.05) is 26.7 Å². The van der Waals surface area contributed by atoms with Crippen LogP contribution in [-0.2, 0) is 16.0 Å². The second-order valence-electron chi connectivity index (χ2n) is 5.21. The van der Waals surface area contributed by atoms with E-state index in [1.807, 2.05) is 0 Å². The van der Waals surface area contributed by atoms with Crippen LogP contribution in [0, 0.1) is 0 Å². The topological polar surface area (TPSA) is 107 Å². The van der Waals surface area contributed by atoms with Crippen LogP contribution >= 0.6 is 0 Å². The Bertz CT molecular complexity index is 561. The molecule has 114 valence electrons. The first-order chi connectivity index (χ1) is 9.88. The van der Waals surface area contributed by atoms with Gasteiger partial charge in [-0.05, 0) is 24.1 Å². The van der Waals surface area contributed by atoms with Gasteiger partial charge in [-0.3, -0.25) is 9.59 Å². The largest absolute Gasteiger partial charge is 0.504 e. The summed E-state index contributed by atoms with van der Waals surface area (Å²) in [5, 5.41) is 18.7. The number of piperazine rings is 1. The molecule has 2 amide bonds. The molecule has 0 saturated carbocycles. The average Bonchev–Trinajstić information content (AvgIpc) is 2.45.